The predicted molar refractivity (Wildman–Crippen MR) is 192 cm³/mol. The minimum absolute atomic E-state index is 0.00712. The van der Waals surface area contributed by atoms with Crippen LogP contribution in [-0.4, -0.2) is 68.1 Å². The fraction of sp³-hybridized carbons (Fsp3) is 0.229. The second-order valence-electron chi connectivity index (χ2n) is 12.7. The molecule has 4 aromatic heterocycles. The van der Waals surface area contributed by atoms with Gasteiger partial charge in [-0.3, -0.25) is 10.3 Å². The maximum atomic E-state index is 13.4. The van der Waals surface area contributed by atoms with E-state index in [1.54, 1.807) is 52.0 Å². The van der Waals surface area contributed by atoms with Crippen molar-refractivity contribution in [2.24, 2.45) is 0 Å². The van der Waals surface area contributed by atoms with Gasteiger partial charge in [0.1, 0.15) is 22.9 Å². The Hall–Kier alpha value is -5.67. The molecule has 0 radical (unpaired) electrons. The number of carbonyl (C=O) groups is 2. The average Bonchev–Trinajstić information content (AvgIpc) is 3.64. The lowest BCUT2D eigenvalue weighted by Gasteiger charge is -2.24. The number of benzene rings is 2. The highest BCUT2D eigenvalue weighted by molar-refractivity contribution is 7.90. The Bertz CT molecular complexity index is 2370. The first-order valence-corrected chi connectivity index (χ1v) is 17.6. The number of hydrogen-bond acceptors (Lipinski definition) is 9. The fourth-order valence-corrected chi connectivity index (χ4v) is 7.06. The summed E-state index contributed by atoms with van der Waals surface area (Å²) in [7, 11) is -4.02. The molecule has 0 fully saturated rings. The molecule has 6 rings (SSSR count). The normalized spacial score (nSPS) is 12.5. The summed E-state index contributed by atoms with van der Waals surface area (Å²) in [6.45, 7) is 6.81. The van der Waals surface area contributed by atoms with Gasteiger partial charge >= 0.3 is 12.2 Å². The monoisotopic (exact) mass is 731 g/mol. The number of aromatic amines is 1. The van der Waals surface area contributed by atoms with Crippen LogP contribution >= 0.6 is 11.6 Å². The van der Waals surface area contributed by atoms with E-state index < -0.39 is 33.9 Å². The smallest absolute Gasteiger partial charge is 0.410 e. The number of nitrogens with zero attached hydrogens (tertiary/aromatic N) is 4. The molecule has 264 valence electrons. The Labute approximate surface area is 297 Å². The van der Waals surface area contributed by atoms with Crippen LogP contribution in [0, 0.1) is 6.92 Å². The number of alkyl carbamates (subject to hydrolysis) is 1. The molecule has 16 heteroatoms. The zero-order chi connectivity index (χ0) is 36.5. The predicted octanol–water partition coefficient (Wildman–Crippen LogP) is 6.78. The van der Waals surface area contributed by atoms with Crippen molar-refractivity contribution in [1.82, 2.24) is 29.5 Å². The number of aryl methyl sites for hydroxylation is 1. The Morgan fingerprint density at radius 1 is 1.06 bits per heavy atom. The van der Waals surface area contributed by atoms with Crippen molar-refractivity contribution in [3.05, 3.63) is 95.5 Å². The van der Waals surface area contributed by atoms with Crippen LogP contribution in [0.3, 0.4) is 0 Å². The number of rotatable bonds is 10. The van der Waals surface area contributed by atoms with Crippen LogP contribution in [-0.2, 0) is 21.2 Å². The molecule has 51 heavy (non-hydrogen) atoms. The van der Waals surface area contributed by atoms with Gasteiger partial charge in [0.05, 0.1) is 28.5 Å². The van der Waals surface area contributed by atoms with E-state index in [1.165, 1.54) is 24.4 Å². The Kier molecular flexibility index (Phi) is 9.60. The molecule has 0 bridgehead atoms. The summed E-state index contributed by atoms with van der Waals surface area (Å²) in [5.41, 5.74) is 2.33. The summed E-state index contributed by atoms with van der Waals surface area (Å²) < 4.78 is 39.4. The SMILES string of the molecule is Cc1nn(S(=O)(=O)c2ccccc2)c2cnc(-c3cc(OC[C@@H](Cc4c[nH]c5ccccc45)NC(=O)OC(C)(C)C)c(NC(=O)O)nc3Cl)cc12. The van der Waals surface area contributed by atoms with E-state index >= 15 is 0 Å². The standard InChI is InChI=1S/C35H34ClN7O7S/c1-20-25-15-28(38-18-29(25)43(42-20)51(47,48)23-10-6-5-7-11-23)26-16-30(32(40-31(26)36)41-33(44)45)49-19-22(39-34(46)50-35(2,3)4)14-21-17-37-27-13-9-8-12-24(21)27/h5-13,15-18,22,37H,14,19H2,1-4H3,(H,39,46)(H,40,41)(H,44,45)/t22-/m1/s1. The maximum absolute atomic E-state index is 13.4. The minimum Gasteiger partial charge on any atom is -0.488 e. The van der Waals surface area contributed by atoms with E-state index in [0.717, 1.165) is 20.6 Å². The first kappa shape index (κ1) is 35.2. The number of carboxylic acid groups (broad SMARTS) is 1. The van der Waals surface area contributed by atoms with Crippen molar-refractivity contribution in [3.8, 4) is 17.0 Å². The summed E-state index contributed by atoms with van der Waals surface area (Å²) in [5, 5.41) is 20.3. The van der Waals surface area contributed by atoms with E-state index in [0.29, 0.717) is 23.2 Å². The highest BCUT2D eigenvalue weighted by atomic mass is 35.5. The van der Waals surface area contributed by atoms with Crippen LogP contribution in [0.15, 0.2) is 84.0 Å². The number of hydrogen-bond donors (Lipinski definition) is 4. The molecular weight excluding hydrogens is 698 g/mol. The third kappa shape index (κ3) is 7.74. The van der Waals surface area contributed by atoms with Gasteiger partial charge < -0.3 is 24.9 Å². The van der Waals surface area contributed by atoms with Crippen LogP contribution in [0.5, 0.6) is 5.75 Å². The first-order valence-electron chi connectivity index (χ1n) is 15.7. The molecule has 4 heterocycles. The number of para-hydroxylation sites is 1. The topological polar surface area (TPSA) is 190 Å². The van der Waals surface area contributed by atoms with Gasteiger partial charge in [-0.2, -0.15) is 17.6 Å². The van der Waals surface area contributed by atoms with Crippen molar-refractivity contribution < 1.29 is 32.6 Å². The van der Waals surface area contributed by atoms with Crippen LogP contribution < -0.4 is 15.4 Å². The van der Waals surface area contributed by atoms with Crippen molar-refractivity contribution >= 4 is 61.4 Å². The third-order valence-corrected chi connectivity index (χ3v) is 9.62. The second-order valence-corrected chi connectivity index (χ2v) is 14.8. The number of amides is 2. The van der Waals surface area contributed by atoms with Crippen molar-refractivity contribution in [3.63, 3.8) is 0 Å². The van der Waals surface area contributed by atoms with Gasteiger partial charge in [0.25, 0.3) is 10.0 Å². The highest BCUT2D eigenvalue weighted by Crippen LogP contribution is 2.36. The molecule has 2 amide bonds. The number of halogens is 1. The number of anilines is 1. The van der Waals surface area contributed by atoms with E-state index in [-0.39, 0.29) is 39.3 Å². The fourth-order valence-electron chi connectivity index (χ4n) is 5.49. The number of nitrogens with one attached hydrogen (secondary N) is 3. The zero-order valence-electron chi connectivity index (χ0n) is 28.0. The first-order chi connectivity index (χ1) is 24.2. The molecular formula is C35H34ClN7O7S. The summed E-state index contributed by atoms with van der Waals surface area (Å²) in [5.74, 6) is -0.175. The Balaban J connectivity index is 1.34. The molecule has 2 aromatic carbocycles. The van der Waals surface area contributed by atoms with E-state index in [2.05, 4.69) is 30.7 Å². The Morgan fingerprint density at radius 3 is 2.51 bits per heavy atom. The molecule has 1 atom stereocenters. The third-order valence-electron chi connectivity index (χ3n) is 7.73. The molecule has 4 N–H and O–H groups in total. The number of H-pyrrole nitrogens is 1. The van der Waals surface area contributed by atoms with Gasteiger partial charge in [-0.05, 0) is 70.0 Å². The second kappa shape index (κ2) is 13.9. The van der Waals surface area contributed by atoms with Crippen molar-refractivity contribution in [1.29, 1.82) is 0 Å². The molecule has 0 aliphatic heterocycles. The van der Waals surface area contributed by atoms with Crippen LogP contribution in [0.4, 0.5) is 15.4 Å². The molecule has 0 spiro atoms. The number of pyridine rings is 2. The summed E-state index contributed by atoms with van der Waals surface area (Å²) >= 11 is 6.58. The Morgan fingerprint density at radius 2 is 1.78 bits per heavy atom. The van der Waals surface area contributed by atoms with Crippen LogP contribution in [0.2, 0.25) is 5.15 Å². The van der Waals surface area contributed by atoms with Crippen molar-refractivity contribution in [2.75, 3.05) is 11.9 Å². The summed E-state index contributed by atoms with van der Waals surface area (Å²) in [6, 6.07) is 18.1. The molecule has 6 aromatic rings. The van der Waals surface area contributed by atoms with Crippen LogP contribution in [0.1, 0.15) is 32.0 Å². The molecule has 0 saturated carbocycles. The maximum Gasteiger partial charge on any atom is 0.410 e. The summed E-state index contributed by atoms with van der Waals surface area (Å²) in [6.07, 6.45) is 1.50. The zero-order valence-corrected chi connectivity index (χ0v) is 29.5. The van der Waals surface area contributed by atoms with Gasteiger partial charge in [0, 0.05) is 28.0 Å². The van der Waals surface area contributed by atoms with Gasteiger partial charge in [-0.1, -0.05) is 48.0 Å². The molecule has 14 nitrogen and oxygen atoms in total. The average molecular weight is 732 g/mol. The highest BCUT2D eigenvalue weighted by Gasteiger charge is 2.25. The van der Waals surface area contributed by atoms with Crippen LogP contribution in [0.25, 0.3) is 33.1 Å². The lowest BCUT2D eigenvalue weighted by molar-refractivity contribution is 0.0488. The number of carbonyl (C=O) groups excluding carboxylic acids is 1. The van der Waals surface area contributed by atoms with E-state index in [4.69, 9.17) is 21.1 Å². The van der Waals surface area contributed by atoms with E-state index in [1.807, 2.05) is 30.5 Å². The van der Waals surface area contributed by atoms with Gasteiger partial charge in [0.15, 0.2) is 11.6 Å². The summed E-state index contributed by atoms with van der Waals surface area (Å²) in [4.78, 5) is 36.6. The number of ether oxygens (including phenoxy) is 2. The van der Waals surface area contributed by atoms with Gasteiger partial charge in [-0.25, -0.2) is 14.6 Å². The molecule has 0 aliphatic carbocycles. The number of fused-ring (bicyclic) bond motifs is 2. The molecule has 0 unspecified atom stereocenters. The molecule has 0 aliphatic rings. The largest absolute Gasteiger partial charge is 0.488 e. The van der Waals surface area contributed by atoms with Crippen molar-refractivity contribution in [2.45, 2.75) is 50.7 Å². The minimum atomic E-state index is -4.02. The number of aromatic nitrogens is 5. The van der Waals surface area contributed by atoms with Gasteiger partial charge in [-0.15, -0.1) is 0 Å². The lowest BCUT2D eigenvalue weighted by Crippen LogP contribution is -2.43. The lowest BCUT2D eigenvalue weighted by atomic mass is 10.1. The van der Waals surface area contributed by atoms with Gasteiger partial charge in [0.2, 0.25) is 0 Å². The quantitative estimate of drug-likeness (QED) is 0.109. The van der Waals surface area contributed by atoms with E-state index in [9.17, 15) is 23.1 Å². The molecule has 0 saturated heterocycles.